The van der Waals surface area contributed by atoms with Gasteiger partial charge in [-0.05, 0) is 46.9 Å². The minimum absolute atomic E-state index is 0.378. The molecule has 0 bridgehead atoms. The Kier molecular flexibility index (Phi) is 3.43. The average molecular weight is 378 g/mol. The van der Waals surface area contributed by atoms with E-state index in [1.54, 1.807) is 6.07 Å². The van der Waals surface area contributed by atoms with Crippen molar-refractivity contribution in [3.63, 3.8) is 0 Å². The maximum Gasteiger partial charge on any atom is 0.340 e. The van der Waals surface area contributed by atoms with Crippen LogP contribution >= 0.6 is 22.6 Å². The number of methoxy groups -OCH3 is 1. The number of imidazole rings is 1. The average Bonchev–Trinajstić information content (AvgIpc) is 2.91. The van der Waals surface area contributed by atoms with Gasteiger partial charge in [0.1, 0.15) is 11.3 Å². The normalized spacial score (nSPS) is 10.7. The lowest BCUT2D eigenvalue weighted by atomic mass is 10.2. The minimum atomic E-state index is -0.378. The molecule has 0 unspecified atom stereocenters. The number of carbonyl (C=O) groups is 1. The zero-order chi connectivity index (χ0) is 14.1. The van der Waals surface area contributed by atoms with Gasteiger partial charge in [-0.3, -0.25) is 0 Å². The molecule has 0 aliphatic heterocycles. The molecule has 1 N–H and O–H groups in total. The third-order valence-corrected chi connectivity index (χ3v) is 3.75. The van der Waals surface area contributed by atoms with Crippen molar-refractivity contribution in [2.24, 2.45) is 0 Å². The van der Waals surface area contributed by atoms with Crippen molar-refractivity contribution in [3.8, 4) is 11.4 Å². The van der Waals surface area contributed by atoms with E-state index >= 15 is 0 Å². The highest BCUT2D eigenvalue weighted by atomic mass is 127. The Morgan fingerprint density at radius 3 is 2.65 bits per heavy atom. The van der Waals surface area contributed by atoms with Crippen molar-refractivity contribution in [1.82, 2.24) is 9.97 Å². The van der Waals surface area contributed by atoms with Gasteiger partial charge in [-0.15, -0.1) is 0 Å². The molecule has 20 heavy (non-hydrogen) atoms. The number of halogens is 1. The van der Waals surface area contributed by atoms with Gasteiger partial charge < -0.3 is 9.72 Å². The second-order valence-electron chi connectivity index (χ2n) is 4.29. The second-order valence-corrected chi connectivity index (χ2v) is 5.53. The molecule has 0 radical (unpaired) electrons. The zero-order valence-corrected chi connectivity index (χ0v) is 12.8. The van der Waals surface area contributed by atoms with Gasteiger partial charge in [-0.25, -0.2) is 9.78 Å². The number of H-pyrrole nitrogens is 1. The number of aromatic nitrogens is 2. The first kappa shape index (κ1) is 13.1. The Balaban J connectivity index is 2.15. The Hall–Kier alpha value is -1.89. The number of ether oxygens (including phenoxy) is 1. The summed E-state index contributed by atoms with van der Waals surface area (Å²) in [6.45, 7) is 0. The SMILES string of the molecule is COC(=O)c1cccc2[nH]c(-c3ccc(I)cc3)nc12. The monoisotopic (exact) mass is 378 g/mol. The smallest absolute Gasteiger partial charge is 0.340 e. The molecule has 5 heteroatoms. The number of carbonyl (C=O) groups excluding carboxylic acids is 1. The summed E-state index contributed by atoms with van der Waals surface area (Å²) in [5, 5.41) is 0. The van der Waals surface area contributed by atoms with Gasteiger partial charge in [0, 0.05) is 9.13 Å². The fourth-order valence-electron chi connectivity index (χ4n) is 2.05. The van der Waals surface area contributed by atoms with Crippen molar-refractivity contribution < 1.29 is 9.53 Å². The van der Waals surface area contributed by atoms with Crippen LogP contribution in [0.3, 0.4) is 0 Å². The Bertz CT molecular complexity index is 778. The van der Waals surface area contributed by atoms with Crippen LogP contribution in [0.5, 0.6) is 0 Å². The summed E-state index contributed by atoms with van der Waals surface area (Å²) in [4.78, 5) is 19.5. The van der Waals surface area contributed by atoms with Crippen LogP contribution in [0.25, 0.3) is 22.4 Å². The van der Waals surface area contributed by atoms with Crippen molar-refractivity contribution in [2.75, 3.05) is 7.11 Å². The molecule has 1 aromatic heterocycles. The first-order valence-electron chi connectivity index (χ1n) is 6.02. The molecule has 4 nitrogen and oxygen atoms in total. The molecule has 3 rings (SSSR count). The summed E-state index contributed by atoms with van der Waals surface area (Å²) < 4.78 is 5.95. The standard InChI is InChI=1S/C15H11IN2O2/c1-20-15(19)11-3-2-4-12-13(11)18-14(17-12)9-5-7-10(16)8-6-9/h2-8H,1H3,(H,17,18). The first-order valence-corrected chi connectivity index (χ1v) is 7.10. The predicted octanol–water partition coefficient (Wildman–Crippen LogP) is 3.62. The van der Waals surface area contributed by atoms with Crippen LogP contribution < -0.4 is 0 Å². The lowest BCUT2D eigenvalue weighted by Gasteiger charge is -1.98. The van der Waals surface area contributed by atoms with E-state index in [-0.39, 0.29) is 5.97 Å². The number of aromatic amines is 1. The van der Waals surface area contributed by atoms with E-state index in [4.69, 9.17) is 4.74 Å². The van der Waals surface area contributed by atoms with E-state index in [1.807, 2.05) is 36.4 Å². The lowest BCUT2D eigenvalue weighted by molar-refractivity contribution is 0.0603. The Morgan fingerprint density at radius 1 is 1.20 bits per heavy atom. The number of para-hydroxylation sites is 1. The number of hydrogen-bond acceptors (Lipinski definition) is 3. The van der Waals surface area contributed by atoms with E-state index in [9.17, 15) is 4.79 Å². The van der Waals surface area contributed by atoms with Crippen LogP contribution in [0.2, 0.25) is 0 Å². The summed E-state index contributed by atoms with van der Waals surface area (Å²) >= 11 is 2.26. The summed E-state index contributed by atoms with van der Waals surface area (Å²) in [5.74, 6) is 0.365. The quantitative estimate of drug-likeness (QED) is 0.548. The highest BCUT2D eigenvalue weighted by Crippen LogP contribution is 2.23. The molecule has 3 aromatic rings. The van der Waals surface area contributed by atoms with Gasteiger partial charge in [0.05, 0.1) is 18.2 Å². The molecule has 0 saturated heterocycles. The van der Waals surface area contributed by atoms with Crippen molar-refractivity contribution in [2.45, 2.75) is 0 Å². The molecule has 0 saturated carbocycles. The number of nitrogens with zero attached hydrogens (tertiary/aromatic N) is 1. The summed E-state index contributed by atoms with van der Waals surface area (Å²) in [5.41, 5.74) is 2.91. The molecule has 1 heterocycles. The molecule has 0 aliphatic rings. The van der Waals surface area contributed by atoms with E-state index in [1.165, 1.54) is 7.11 Å². The molecular formula is C15H11IN2O2. The fourth-order valence-corrected chi connectivity index (χ4v) is 2.41. The molecule has 0 spiro atoms. The van der Waals surface area contributed by atoms with E-state index in [0.29, 0.717) is 11.1 Å². The van der Waals surface area contributed by atoms with Crippen LogP contribution in [-0.2, 0) is 4.74 Å². The van der Waals surface area contributed by atoms with Crippen LogP contribution in [0.4, 0.5) is 0 Å². The van der Waals surface area contributed by atoms with Gasteiger partial charge in [-0.2, -0.15) is 0 Å². The molecular weight excluding hydrogens is 367 g/mol. The van der Waals surface area contributed by atoms with Gasteiger partial charge in [0.15, 0.2) is 0 Å². The maximum absolute atomic E-state index is 11.7. The number of rotatable bonds is 2. The number of esters is 1. The summed E-state index contributed by atoms with van der Waals surface area (Å²) in [6, 6.07) is 13.4. The molecule has 0 fully saturated rings. The molecule has 0 atom stereocenters. The van der Waals surface area contributed by atoms with Crippen LogP contribution in [0.15, 0.2) is 42.5 Å². The Morgan fingerprint density at radius 2 is 1.95 bits per heavy atom. The van der Waals surface area contributed by atoms with E-state index < -0.39 is 0 Å². The third kappa shape index (κ3) is 2.29. The fraction of sp³-hybridized carbons (Fsp3) is 0.0667. The molecule has 0 aliphatic carbocycles. The highest BCUT2D eigenvalue weighted by molar-refractivity contribution is 14.1. The maximum atomic E-state index is 11.7. The predicted molar refractivity (Wildman–Crippen MR) is 85.6 cm³/mol. The van der Waals surface area contributed by atoms with Crippen molar-refractivity contribution >= 4 is 39.6 Å². The summed E-state index contributed by atoms with van der Waals surface area (Å²) in [6.07, 6.45) is 0. The van der Waals surface area contributed by atoms with Crippen molar-refractivity contribution in [1.29, 1.82) is 0 Å². The van der Waals surface area contributed by atoms with Gasteiger partial charge in [-0.1, -0.05) is 18.2 Å². The number of fused-ring (bicyclic) bond motifs is 1. The Labute approximate surface area is 129 Å². The number of nitrogens with one attached hydrogen (secondary N) is 1. The number of hydrogen-bond donors (Lipinski definition) is 1. The molecule has 0 amide bonds. The zero-order valence-electron chi connectivity index (χ0n) is 10.7. The van der Waals surface area contributed by atoms with Crippen molar-refractivity contribution in [3.05, 3.63) is 51.6 Å². The minimum Gasteiger partial charge on any atom is -0.465 e. The van der Waals surface area contributed by atoms with Crippen LogP contribution in [0.1, 0.15) is 10.4 Å². The highest BCUT2D eigenvalue weighted by Gasteiger charge is 2.14. The first-order chi connectivity index (χ1) is 9.69. The largest absolute Gasteiger partial charge is 0.465 e. The second kappa shape index (κ2) is 5.24. The topological polar surface area (TPSA) is 55.0 Å². The van der Waals surface area contributed by atoms with E-state index in [2.05, 4.69) is 32.6 Å². The third-order valence-electron chi connectivity index (χ3n) is 3.04. The van der Waals surface area contributed by atoms with Gasteiger partial charge in [0.25, 0.3) is 0 Å². The number of benzene rings is 2. The summed E-state index contributed by atoms with van der Waals surface area (Å²) in [7, 11) is 1.37. The van der Waals surface area contributed by atoms with Crippen LogP contribution in [-0.4, -0.2) is 23.0 Å². The molecule has 100 valence electrons. The van der Waals surface area contributed by atoms with E-state index in [0.717, 1.165) is 20.5 Å². The van der Waals surface area contributed by atoms with Crippen LogP contribution in [0, 0.1) is 3.57 Å². The molecule has 2 aromatic carbocycles. The van der Waals surface area contributed by atoms with Gasteiger partial charge in [0.2, 0.25) is 0 Å². The van der Waals surface area contributed by atoms with Gasteiger partial charge >= 0.3 is 5.97 Å². The lowest BCUT2D eigenvalue weighted by Crippen LogP contribution is -2.01.